The minimum Gasteiger partial charge on any atom is -0.382 e. The summed E-state index contributed by atoms with van der Waals surface area (Å²) in [6.07, 6.45) is 1.68. The molecule has 0 bridgehead atoms. The highest BCUT2D eigenvalue weighted by Gasteiger charge is 2.47. The van der Waals surface area contributed by atoms with Crippen molar-refractivity contribution < 1.29 is 11.3 Å². The Labute approximate surface area is 172 Å². The molecule has 30 heavy (non-hydrogen) atoms. The quantitative estimate of drug-likeness (QED) is 0.515. The molecule has 4 aromatic rings. The van der Waals surface area contributed by atoms with Crippen LogP contribution in [0, 0.1) is 0 Å². The lowest BCUT2D eigenvalue weighted by atomic mass is 9.99. The highest BCUT2D eigenvalue weighted by Crippen LogP contribution is 2.31. The Morgan fingerprint density at radius 2 is 2.13 bits per heavy atom. The second-order valence-electron chi connectivity index (χ2n) is 7.21. The summed E-state index contributed by atoms with van der Waals surface area (Å²) in [6.45, 7) is 0.458. The third-order valence-corrected chi connectivity index (χ3v) is 5.29. The number of fused-ring (bicyclic) bond motifs is 1. The fraction of sp³-hybridized carbons (Fsp3) is 0.200. The number of nitrogens with two attached hydrogens (primary N) is 1. The van der Waals surface area contributed by atoms with Gasteiger partial charge in [-0.3, -0.25) is 4.79 Å². The van der Waals surface area contributed by atoms with Crippen LogP contribution >= 0.6 is 0 Å². The number of aliphatic hydroxyl groups is 1. The van der Waals surface area contributed by atoms with Gasteiger partial charge in [0.15, 0.2) is 11.4 Å². The number of carbonyl (C=O) groups excluding carboxylic acids is 1. The van der Waals surface area contributed by atoms with Crippen molar-refractivity contribution in [2.45, 2.75) is 12.0 Å². The molecule has 150 valence electrons. The molecule has 1 amide bonds. The molecule has 5 rings (SSSR count). The zero-order chi connectivity index (χ0) is 21.8. The molecule has 0 radical (unpaired) electrons. The fourth-order valence-electron chi connectivity index (χ4n) is 3.56. The van der Waals surface area contributed by atoms with Gasteiger partial charge in [-0.1, -0.05) is 17.3 Å². The number of amides is 1. The van der Waals surface area contributed by atoms with E-state index >= 15 is 0 Å². The van der Waals surface area contributed by atoms with Crippen molar-refractivity contribution >= 4 is 22.8 Å². The van der Waals surface area contributed by atoms with Gasteiger partial charge in [-0.25, -0.2) is 19.6 Å². The number of hydrogen-bond acceptors (Lipinski definition) is 8. The highest BCUT2D eigenvalue weighted by atomic mass is 16.3. The van der Waals surface area contributed by atoms with E-state index in [9.17, 15) is 9.90 Å². The summed E-state index contributed by atoms with van der Waals surface area (Å²) in [5, 5.41) is 18.9. The van der Waals surface area contributed by atoms with Crippen molar-refractivity contribution in [3.05, 3.63) is 54.6 Å². The number of carbonyl (C=O) groups is 1. The van der Waals surface area contributed by atoms with Gasteiger partial charge in [-0.05, 0) is 24.3 Å². The summed E-state index contributed by atoms with van der Waals surface area (Å²) >= 11 is 0. The Balaban J connectivity index is 1.51. The normalized spacial score (nSPS) is 19.5. The van der Waals surface area contributed by atoms with Crippen LogP contribution in [0.1, 0.15) is 13.5 Å². The molecule has 10 heteroatoms. The molecular weight excluding hydrogens is 384 g/mol. The predicted molar refractivity (Wildman–Crippen MR) is 108 cm³/mol. The summed E-state index contributed by atoms with van der Waals surface area (Å²) in [5.74, 6) is -0.238. The minimum absolute atomic E-state index is 0.147. The predicted octanol–water partition coefficient (Wildman–Crippen LogP) is 0.904. The SMILES string of the molecule is [2H]c1nc(N)c2nc(-c3cccc(-n4cc(C5(O)CCN(C)C5=O)nn4)c3)ccc2n1. The van der Waals surface area contributed by atoms with E-state index in [2.05, 4.69) is 25.3 Å². The van der Waals surface area contributed by atoms with Crippen LogP contribution in [0.25, 0.3) is 28.0 Å². The van der Waals surface area contributed by atoms with Crippen molar-refractivity contribution in [1.82, 2.24) is 34.8 Å². The maximum atomic E-state index is 12.3. The molecule has 3 N–H and O–H groups in total. The third kappa shape index (κ3) is 2.77. The number of pyridine rings is 1. The smallest absolute Gasteiger partial charge is 0.260 e. The van der Waals surface area contributed by atoms with Gasteiger partial charge in [0.2, 0.25) is 0 Å². The van der Waals surface area contributed by atoms with Gasteiger partial charge >= 0.3 is 0 Å². The number of likely N-dealkylation sites (N-methyl/N-ethyl adjacent to an activating group) is 1. The summed E-state index contributed by atoms with van der Waals surface area (Å²) in [6, 6.07) is 10.9. The molecule has 3 aromatic heterocycles. The van der Waals surface area contributed by atoms with Crippen molar-refractivity contribution in [3.63, 3.8) is 0 Å². The molecule has 1 atom stereocenters. The van der Waals surface area contributed by atoms with E-state index in [4.69, 9.17) is 7.10 Å². The summed E-state index contributed by atoms with van der Waals surface area (Å²) in [4.78, 5) is 26.2. The lowest BCUT2D eigenvalue weighted by Crippen LogP contribution is -2.36. The average molecular weight is 403 g/mol. The minimum atomic E-state index is -1.65. The lowest BCUT2D eigenvalue weighted by Gasteiger charge is -2.17. The first-order chi connectivity index (χ1) is 14.8. The van der Waals surface area contributed by atoms with Crippen LogP contribution in [-0.2, 0) is 10.4 Å². The van der Waals surface area contributed by atoms with Gasteiger partial charge in [-0.15, -0.1) is 5.10 Å². The van der Waals surface area contributed by atoms with Crippen molar-refractivity contribution in [3.8, 4) is 16.9 Å². The molecular formula is C20H18N8O2. The molecule has 0 aliphatic carbocycles. The van der Waals surface area contributed by atoms with E-state index in [1.165, 1.54) is 9.58 Å². The van der Waals surface area contributed by atoms with Crippen LogP contribution in [0.3, 0.4) is 0 Å². The van der Waals surface area contributed by atoms with E-state index < -0.39 is 5.60 Å². The number of rotatable bonds is 3. The molecule has 1 unspecified atom stereocenters. The van der Waals surface area contributed by atoms with E-state index in [0.717, 1.165) is 5.56 Å². The van der Waals surface area contributed by atoms with Crippen molar-refractivity contribution in [1.29, 1.82) is 0 Å². The van der Waals surface area contributed by atoms with Gasteiger partial charge in [0.25, 0.3) is 5.91 Å². The van der Waals surface area contributed by atoms with Gasteiger partial charge in [-0.2, -0.15) is 0 Å². The Morgan fingerprint density at radius 3 is 2.93 bits per heavy atom. The first-order valence-electron chi connectivity index (χ1n) is 9.77. The van der Waals surface area contributed by atoms with Crippen LogP contribution in [0.2, 0.25) is 0 Å². The van der Waals surface area contributed by atoms with Gasteiger partial charge in [0, 0.05) is 25.6 Å². The zero-order valence-corrected chi connectivity index (χ0v) is 16.0. The fourth-order valence-corrected chi connectivity index (χ4v) is 3.56. The number of nitrogen functional groups attached to an aromatic ring is 1. The van der Waals surface area contributed by atoms with Gasteiger partial charge in [0.05, 0.1) is 23.1 Å². The zero-order valence-electron chi connectivity index (χ0n) is 17.0. The maximum Gasteiger partial charge on any atom is 0.260 e. The number of likely N-dealkylation sites (tertiary alicyclic amines) is 1. The summed E-state index contributed by atoms with van der Waals surface area (Å²) in [7, 11) is 1.65. The molecule has 1 aliphatic rings. The van der Waals surface area contributed by atoms with Gasteiger partial charge in [0.1, 0.15) is 18.9 Å². The third-order valence-electron chi connectivity index (χ3n) is 5.29. The lowest BCUT2D eigenvalue weighted by molar-refractivity contribution is -0.143. The molecule has 0 spiro atoms. The molecule has 1 aliphatic heterocycles. The van der Waals surface area contributed by atoms with Crippen molar-refractivity contribution in [2.75, 3.05) is 19.3 Å². The molecule has 1 aromatic carbocycles. The molecule has 0 saturated carbocycles. The van der Waals surface area contributed by atoms with E-state index in [0.29, 0.717) is 29.0 Å². The first-order valence-corrected chi connectivity index (χ1v) is 9.27. The molecule has 10 nitrogen and oxygen atoms in total. The standard InChI is InChI=1S/C20H18N8O2/c1-27-8-7-20(30,19(27)29)16-10-28(26-25-16)13-4-2-3-12(9-13)14-5-6-15-17(24-14)18(21)23-11-22-15/h2-6,9-11,30H,7-8H2,1H3,(H2,21,22,23)/i11D. The summed E-state index contributed by atoms with van der Waals surface area (Å²) in [5.41, 5.74) is 7.52. The first kappa shape index (κ1) is 17.0. The maximum absolute atomic E-state index is 12.3. The van der Waals surface area contributed by atoms with Crippen LogP contribution < -0.4 is 5.73 Å². The van der Waals surface area contributed by atoms with Crippen LogP contribution in [0.5, 0.6) is 0 Å². The second-order valence-corrected chi connectivity index (χ2v) is 7.21. The van der Waals surface area contributed by atoms with E-state index in [1.807, 2.05) is 24.3 Å². The Bertz CT molecular complexity index is 1340. The van der Waals surface area contributed by atoms with E-state index in [-0.39, 0.29) is 30.1 Å². The van der Waals surface area contributed by atoms with E-state index in [1.54, 1.807) is 25.4 Å². The Morgan fingerprint density at radius 1 is 1.27 bits per heavy atom. The van der Waals surface area contributed by atoms with Crippen molar-refractivity contribution in [2.24, 2.45) is 0 Å². The van der Waals surface area contributed by atoms with Crippen LogP contribution in [0.4, 0.5) is 5.82 Å². The topological polar surface area (TPSA) is 136 Å². The second kappa shape index (κ2) is 6.56. The Kier molecular flexibility index (Phi) is 3.71. The van der Waals surface area contributed by atoms with Crippen LogP contribution in [0.15, 0.2) is 48.9 Å². The van der Waals surface area contributed by atoms with Crippen LogP contribution in [-0.4, -0.2) is 59.5 Å². The molecule has 1 saturated heterocycles. The molecule has 4 heterocycles. The monoisotopic (exact) mass is 403 g/mol. The molecule has 1 fully saturated rings. The summed E-state index contributed by atoms with van der Waals surface area (Å²) < 4.78 is 9.08. The number of nitrogens with zero attached hydrogens (tertiary/aromatic N) is 7. The largest absolute Gasteiger partial charge is 0.382 e. The van der Waals surface area contributed by atoms with Gasteiger partial charge < -0.3 is 15.7 Å². The number of benzene rings is 1. The number of hydrogen-bond donors (Lipinski definition) is 2. The highest BCUT2D eigenvalue weighted by molar-refractivity contribution is 5.88. The number of aromatic nitrogens is 6. The number of anilines is 1. The average Bonchev–Trinajstić information content (AvgIpc) is 3.36. The Hall–Kier alpha value is -3.92.